The summed E-state index contributed by atoms with van der Waals surface area (Å²) >= 11 is 1.79. The number of ketones is 1. The van der Waals surface area contributed by atoms with Crippen LogP contribution in [0.2, 0.25) is 0 Å². The van der Waals surface area contributed by atoms with Gasteiger partial charge in [0.25, 0.3) is 0 Å². The number of rotatable bonds is 12. The summed E-state index contributed by atoms with van der Waals surface area (Å²) in [7, 11) is 0. The highest BCUT2D eigenvalue weighted by Gasteiger charge is 2.03. The van der Waals surface area contributed by atoms with E-state index in [1.165, 1.54) is 38.5 Å². The van der Waals surface area contributed by atoms with E-state index >= 15 is 0 Å². The minimum absolute atomic E-state index is 0.448. The van der Waals surface area contributed by atoms with Crippen LogP contribution in [0, 0.1) is 5.92 Å². The maximum absolute atomic E-state index is 11.5. The second-order valence-electron chi connectivity index (χ2n) is 5.32. The van der Waals surface area contributed by atoms with E-state index in [1.54, 1.807) is 11.8 Å². The third kappa shape index (κ3) is 14.0. The number of Topliss-reactive ketones (excluding diaryl/α,β-unsaturated/α-hetero) is 1. The molecule has 2 heteroatoms. The van der Waals surface area contributed by atoms with E-state index < -0.39 is 0 Å². The van der Waals surface area contributed by atoms with Crippen LogP contribution >= 0.6 is 11.8 Å². The topological polar surface area (TPSA) is 17.1 Å². The molecule has 0 spiro atoms. The fraction of sp³-hybridized carbons (Fsp3) is 0.933. The Balaban J connectivity index is 3.16. The molecule has 0 radical (unpaired) electrons. The van der Waals surface area contributed by atoms with Crippen molar-refractivity contribution in [2.24, 2.45) is 5.92 Å². The van der Waals surface area contributed by atoms with Crippen molar-refractivity contribution in [3.05, 3.63) is 0 Å². The van der Waals surface area contributed by atoms with Gasteiger partial charge in [-0.15, -0.1) is 0 Å². The Morgan fingerprint density at radius 2 is 1.59 bits per heavy atom. The number of thioether (sulfide) groups is 1. The quantitative estimate of drug-likeness (QED) is 0.454. The van der Waals surface area contributed by atoms with Gasteiger partial charge in [0.15, 0.2) is 0 Å². The molecule has 0 N–H and O–H groups in total. The van der Waals surface area contributed by atoms with E-state index in [-0.39, 0.29) is 0 Å². The maximum atomic E-state index is 11.5. The lowest BCUT2D eigenvalue weighted by atomic mass is 10.1. The first-order valence-corrected chi connectivity index (χ1v) is 8.41. The van der Waals surface area contributed by atoms with E-state index in [4.69, 9.17) is 0 Å². The van der Waals surface area contributed by atoms with E-state index in [2.05, 4.69) is 20.8 Å². The zero-order chi connectivity index (χ0) is 12.9. The minimum Gasteiger partial charge on any atom is -0.299 e. The van der Waals surface area contributed by atoms with Crippen LogP contribution in [0.4, 0.5) is 0 Å². The average molecular weight is 258 g/mol. The van der Waals surface area contributed by atoms with Crippen molar-refractivity contribution < 1.29 is 4.79 Å². The summed E-state index contributed by atoms with van der Waals surface area (Å²) in [6.45, 7) is 6.65. The van der Waals surface area contributed by atoms with Gasteiger partial charge in [-0.25, -0.2) is 0 Å². The molecule has 17 heavy (non-hydrogen) atoms. The van der Waals surface area contributed by atoms with Crippen molar-refractivity contribution in [3.8, 4) is 0 Å². The number of unbranched alkanes of at least 4 members (excludes halogenated alkanes) is 6. The Morgan fingerprint density at radius 1 is 1.00 bits per heavy atom. The van der Waals surface area contributed by atoms with Gasteiger partial charge in [-0.2, -0.15) is 11.8 Å². The zero-order valence-electron chi connectivity index (χ0n) is 12.0. The van der Waals surface area contributed by atoms with Crippen LogP contribution in [0.3, 0.4) is 0 Å². The lowest BCUT2D eigenvalue weighted by Gasteiger charge is -2.04. The van der Waals surface area contributed by atoms with Crippen LogP contribution in [0.25, 0.3) is 0 Å². The highest BCUT2D eigenvalue weighted by atomic mass is 32.2. The number of carbonyl (C=O) groups is 1. The van der Waals surface area contributed by atoms with Crippen LogP contribution in [0.1, 0.15) is 72.1 Å². The summed E-state index contributed by atoms with van der Waals surface area (Å²) in [6.07, 6.45) is 9.86. The fourth-order valence-corrected chi connectivity index (χ4v) is 2.72. The molecule has 0 bridgehead atoms. The van der Waals surface area contributed by atoms with Crippen molar-refractivity contribution >= 4 is 17.5 Å². The van der Waals surface area contributed by atoms with Crippen molar-refractivity contribution in [2.75, 3.05) is 11.5 Å². The largest absolute Gasteiger partial charge is 0.299 e. The van der Waals surface area contributed by atoms with Crippen molar-refractivity contribution in [1.82, 2.24) is 0 Å². The fourth-order valence-electron chi connectivity index (χ4n) is 1.76. The molecule has 0 heterocycles. The number of hydrogen-bond acceptors (Lipinski definition) is 2. The summed E-state index contributed by atoms with van der Waals surface area (Å²) in [5.41, 5.74) is 0. The first-order valence-electron chi connectivity index (χ1n) is 7.26. The zero-order valence-corrected chi connectivity index (χ0v) is 12.8. The molecular formula is C15H30OS. The predicted molar refractivity (Wildman–Crippen MR) is 79.8 cm³/mol. The van der Waals surface area contributed by atoms with Gasteiger partial charge in [-0.05, 0) is 18.1 Å². The minimum atomic E-state index is 0.448. The van der Waals surface area contributed by atoms with Gasteiger partial charge >= 0.3 is 0 Å². The summed E-state index contributed by atoms with van der Waals surface area (Å²) in [5.74, 6) is 2.99. The van der Waals surface area contributed by atoms with Crippen LogP contribution < -0.4 is 0 Å². The molecule has 0 saturated carbocycles. The van der Waals surface area contributed by atoms with Gasteiger partial charge in [0.05, 0.1) is 5.75 Å². The SMILES string of the molecule is CCCCCCCCCC(=O)CSCC(C)C. The number of carbonyl (C=O) groups excluding carboxylic acids is 1. The molecule has 0 aliphatic rings. The lowest BCUT2D eigenvalue weighted by Crippen LogP contribution is -2.03. The second-order valence-corrected chi connectivity index (χ2v) is 6.35. The Labute approximate surface area is 112 Å². The lowest BCUT2D eigenvalue weighted by molar-refractivity contribution is -0.116. The summed E-state index contributed by atoms with van der Waals surface area (Å²) in [5, 5.41) is 0. The molecule has 0 aliphatic heterocycles. The van der Waals surface area contributed by atoms with E-state index in [0.717, 1.165) is 24.3 Å². The Bertz CT molecular complexity index is 178. The van der Waals surface area contributed by atoms with E-state index in [9.17, 15) is 4.79 Å². The van der Waals surface area contributed by atoms with Crippen molar-refractivity contribution in [1.29, 1.82) is 0 Å². The Hall–Kier alpha value is 0.0200. The van der Waals surface area contributed by atoms with Crippen molar-refractivity contribution in [3.63, 3.8) is 0 Å². The first-order chi connectivity index (χ1) is 8.16. The molecule has 0 aromatic heterocycles. The Morgan fingerprint density at radius 3 is 2.18 bits per heavy atom. The Kier molecular flexibility index (Phi) is 12.5. The molecule has 0 aliphatic carbocycles. The highest BCUT2D eigenvalue weighted by Crippen LogP contribution is 2.11. The summed E-state index contributed by atoms with van der Waals surface area (Å²) in [4.78, 5) is 11.5. The highest BCUT2D eigenvalue weighted by molar-refractivity contribution is 7.99. The van der Waals surface area contributed by atoms with Crippen LogP contribution in [0.5, 0.6) is 0 Å². The third-order valence-electron chi connectivity index (χ3n) is 2.77. The first kappa shape index (κ1) is 17.0. The predicted octanol–water partition coefficient (Wildman–Crippen LogP) is 5.09. The molecule has 0 saturated heterocycles. The van der Waals surface area contributed by atoms with Crippen molar-refractivity contribution in [2.45, 2.75) is 72.1 Å². The van der Waals surface area contributed by atoms with Gasteiger partial charge in [0.1, 0.15) is 5.78 Å². The van der Waals surface area contributed by atoms with E-state index in [1.807, 2.05) is 0 Å². The molecule has 0 aromatic carbocycles. The van der Waals surface area contributed by atoms with Gasteiger partial charge in [0.2, 0.25) is 0 Å². The molecule has 0 rings (SSSR count). The second kappa shape index (κ2) is 12.5. The van der Waals surface area contributed by atoms with Crippen LogP contribution in [-0.2, 0) is 4.79 Å². The van der Waals surface area contributed by atoms with Gasteiger partial charge in [-0.1, -0.05) is 59.3 Å². The van der Waals surface area contributed by atoms with Gasteiger partial charge < -0.3 is 0 Å². The third-order valence-corrected chi connectivity index (χ3v) is 4.20. The van der Waals surface area contributed by atoms with E-state index in [0.29, 0.717) is 11.7 Å². The molecule has 1 nitrogen and oxygen atoms in total. The molecule has 0 amide bonds. The molecule has 0 fully saturated rings. The normalized spacial score (nSPS) is 11.1. The maximum Gasteiger partial charge on any atom is 0.142 e. The molecule has 0 unspecified atom stereocenters. The molecule has 0 aromatic rings. The standard InChI is InChI=1S/C15H30OS/c1-4-5-6-7-8-9-10-11-15(16)13-17-12-14(2)3/h14H,4-13H2,1-3H3. The average Bonchev–Trinajstić information content (AvgIpc) is 2.27. The van der Waals surface area contributed by atoms with Crippen LogP contribution in [-0.4, -0.2) is 17.3 Å². The summed E-state index contributed by atoms with van der Waals surface area (Å²) in [6, 6.07) is 0. The molecule has 102 valence electrons. The summed E-state index contributed by atoms with van der Waals surface area (Å²) < 4.78 is 0. The number of hydrogen-bond donors (Lipinski definition) is 0. The van der Waals surface area contributed by atoms with Gasteiger partial charge in [0, 0.05) is 6.42 Å². The smallest absolute Gasteiger partial charge is 0.142 e. The van der Waals surface area contributed by atoms with Crippen LogP contribution in [0.15, 0.2) is 0 Å². The molecular weight excluding hydrogens is 228 g/mol. The van der Waals surface area contributed by atoms with Gasteiger partial charge in [-0.3, -0.25) is 4.79 Å². The molecule has 0 atom stereocenters. The monoisotopic (exact) mass is 258 g/mol.